The fourth-order valence-corrected chi connectivity index (χ4v) is 2.43. The Hall–Kier alpha value is -2.64. The summed E-state index contributed by atoms with van der Waals surface area (Å²) in [5.74, 6) is 0.610. The number of fused-ring (bicyclic) bond motifs is 1. The topological polar surface area (TPSA) is 55.6 Å². The molecule has 0 aliphatic carbocycles. The van der Waals surface area contributed by atoms with Crippen molar-refractivity contribution in [1.29, 1.82) is 0 Å². The number of anilines is 1. The van der Waals surface area contributed by atoms with E-state index in [4.69, 9.17) is 0 Å². The highest BCUT2D eigenvalue weighted by atomic mass is 19.4. The van der Waals surface area contributed by atoms with Gasteiger partial charge < -0.3 is 9.88 Å². The van der Waals surface area contributed by atoms with Gasteiger partial charge in [-0.3, -0.25) is 0 Å². The van der Waals surface area contributed by atoms with E-state index in [0.717, 1.165) is 28.9 Å². The molecule has 3 rings (SSSR count). The zero-order valence-corrected chi connectivity index (χ0v) is 12.5. The van der Waals surface area contributed by atoms with E-state index in [-0.39, 0.29) is 12.5 Å². The summed E-state index contributed by atoms with van der Waals surface area (Å²) >= 11 is 0. The number of rotatable bonds is 3. The third-order valence-corrected chi connectivity index (χ3v) is 3.54. The number of aryl methyl sites for hydroxylation is 2. The van der Waals surface area contributed by atoms with E-state index in [0.29, 0.717) is 5.82 Å². The normalized spacial score (nSPS) is 11.9. The standard InChI is InChI=1S/C15H14F3N5/c1-9-4-3-5-10-13(9)23(2)12(21-10)8-20-14-19-7-6-11(22-14)15(16,17)18/h3-7H,8H2,1-2H3,(H,19,20,22). The lowest BCUT2D eigenvalue weighted by Gasteiger charge is -2.08. The second-order valence-electron chi connectivity index (χ2n) is 5.15. The van der Waals surface area contributed by atoms with E-state index in [1.165, 1.54) is 0 Å². The van der Waals surface area contributed by atoms with E-state index in [1.54, 1.807) is 0 Å². The summed E-state index contributed by atoms with van der Waals surface area (Å²) in [5.41, 5.74) is 1.94. The van der Waals surface area contributed by atoms with Crippen molar-refractivity contribution in [2.75, 3.05) is 5.32 Å². The van der Waals surface area contributed by atoms with Gasteiger partial charge in [0, 0.05) is 13.2 Å². The average molecular weight is 321 g/mol. The molecule has 120 valence electrons. The highest BCUT2D eigenvalue weighted by Gasteiger charge is 2.32. The van der Waals surface area contributed by atoms with Crippen LogP contribution in [0.2, 0.25) is 0 Å². The largest absolute Gasteiger partial charge is 0.433 e. The van der Waals surface area contributed by atoms with Crippen molar-refractivity contribution in [2.45, 2.75) is 19.6 Å². The summed E-state index contributed by atoms with van der Waals surface area (Å²) in [5, 5.41) is 2.79. The minimum atomic E-state index is -4.49. The van der Waals surface area contributed by atoms with E-state index >= 15 is 0 Å². The number of imidazole rings is 1. The summed E-state index contributed by atoms with van der Waals surface area (Å²) in [6, 6.07) is 6.63. The maximum absolute atomic E-state index is 12.6. The first-order chi connectivity index (χ1) is 10.9. The van der Waals surface area contributed by atoms with Gasteiger partial charge in [0.05, 0.1) is 17.6 Å². The average Bonchev–Trinajstić information content (AvgIpc) is 2.82. The zero-order valence-electron chi connectivity index (χ0n) is 12.5. The van der Waals surface area contributed by atoms with Gasteiger partial charge in [0.1, 0.15) is 11.5 Å². The number of para-hydroxylation sites is 1. The van der Waals surface area contributed by atoms with Crippen LogP contribution in [-0.2, 0) is 19.8 Å². The molecule has 0 aliphatic rings. The van der Waals surface area contributed by atoms with Crippen LogP contribution in [0.4, 0.5) is 19.1 Å². The Morgan fingerprint density at radius 3 is 2.65 bits per heavy atom. The number of benzene rings is 1. The first-order valence-electron chi connectivity index (χ1n) is 6.91. The van der Waals surface area contributed by atoms with Crippen LogP contribution < -0.4 is 5.32 Å². The highest BCUT2D eigenvalue weighted by Crippen LogP contribution is 2.27. The lowest BCUT2D eigenvalue weighted by molar-refractivity contribution is -0.141. The number of nitrogens with zero attached hydrogens (tertiary/aromatic N) is 4. The van der Waals surface area contributed by atoms with Gasteiger partial charge in [-0.05, 0) is 24.6 Å². The number of nitrogens with one attached hydrogen (secondary N) is 1. The second-order valence-corrected chi connectivity index (χ2v) is 5.15. The zero-order chi connectivity index (χ0) is 16.6. The van der Waals surface area contributed by atoms with Crippen molar-refractivity contribution < 1.29 is 13.2 Å². The van der Waals surface area contributed by atoms with Crippen LogP contribution in [0.1, 0.15) is 17.1 Å². The predicted octanol–water partition coefficient (Wildman–Crippen LogP) is 3.30. The van der Waals surface area contributed by atoms with Crippen LogP contribution in [0.3, 0.4) is 0 Å². The smallest absolute Gasteiger partial charge is 0.347 e. The van der Waals surface area contributed by atoms with Crippen LogP contribution >= 0.6 is 0 Å². The Morgan fingerprint density at radius 1 is 1.17 bits per heavy atom. The van der Waals surface area contributed by atoms with Crippen LogP contribution in [0.15, 0.2) is 30.5 Å². The number of hydrogen-bond donors (Lipinski definition) is 1. The van der Waals surface area contributed by atoms with Crippen molar-refractivity contribution >= 4 is 17.0 Å². The molecule has 2 heterocycles. The van der Waals surface area contributed by atoms with E-state index in [9.17, 15) is 13.2 Å². The van der Waals surface area contributed by atoms with Crippen molar-refractivity contribution in [1.82, 2.24) is 19.5 Å². The van der Waals surface area contributed by atoms with Gasteiger partial charge in [0.25, 0.3) is 0 Å². The van der Waals surface area contributed by atoms with Crippen molar-refractivity contribution in [3.63, 3.8) is 0 Å². The van der Waals surface area contributed by atoms with Crippen molar-refractivity contribution in [3.8, 4) is 0 Å². The molecule has 0 radical (unpaired) electrons. The fourth-order valence-electron chi connectivity index (χ4n) is 2.43. The second kappa shape index (κ2) is 5.53. The van der Waals surface area contributed by atoms with Gasteiger partial charge >= 0.3 is 6.18 Å². The third kappa shape index (κ3) is 2.96. The van der Waals surface area contributed by atoms with E-state index < -0.39 is 11.9 Å². The summed E-state index contributed by atoms with van der Waals surface area (Å²) in [7, 11) is 1.87. The van der Waals surface area contributed by atoms with Gasteiger partial charge in [-0.2, -0.15) is 13.2 Å². The Balaban J connectivity index is 1.84. The SMILES string of the molecule is Cc1cccc2nc(CNc3nccc(C(F)(F)F)n3)n(C)c12. The molecular weight excluding hydrogens is 307 g/mol. The highest BCUT2D eigenvalue weighted by molar-refractivity contribution is 5.79. The Labute approximate surface area is 130 Å². The molecule has 0 aliphatic heterocycles. The lowest BCUT2D eigenvalue weighted by atomic mass is 10.2. The van der Waals surface area contributed by atoms with Gasteiger partial charge in [-0.15, -0.1) is 0 Å². The predicted molar refractivity (Wildman–Crippen MR) is 79.8 cm³/mol. The molecule has 1 aromatic carbocycles. The van der Waals surface area contributed by atoms with Crippen LogP contribution in [0, 0.1) is 6.92 Å². The lowest BCUT2D eigenvalue weighted by Crippen LogP contribution is -2.12. The molecule has 0 saturated heterocycles. The summed E-state index contributed by atoms with van der Waals surface area (Å²) < 4.78 is 39.8. The maximum Gasteiger partial charge on any atom is 0.433 e. The molecule has 1 N–H and O–H groups in total. The first kappa shape index (κ1) is 15.3. The fraction of sp³-hybridized carbons (Fsp3) is 0.267. The molecule has 0 bridgehead atoms. The molecule has 0 amide bonds. The molecule has 8 heteroatoms. The summed E-state index contributed by atoms with van der Waals surface area (Å²) in [6.07, 6.45) is -3.41. The van der Waals surface area contributed by atoms with Crippen molar-refractivity contribution in [2.24, 2.45) is 7.05 Å². The van der Waals surface area contributed by atoms with Gasteiger partial charge in [-0.25, -0.2) is 15.0 Å². The van der Waals surface area contributed by atoms with Crippen molar-refractivity contribution in [3.05, 3.63) is 47.5 Å². The van der Waals surface area contributed by atoms with E-state index in [2.05, 4.69) is 20.3 Å². The number of aromatic nitrogens is 4. The maximum atomic E-state index is 12.6. The van der Waals surface area contributed by atoms with Gasteiger partial charge in [-0.1, -0.05) is 12.1 Å². The minimum Gasteiger partial charge on any atom is -0.347 e. The minimum absolute atomic E-state index is 0.0800. The molecule has 0 atom stereocenters. The molecule has 0 spiro atoms. The number of hydrogen-bond acceptors (Lipinski definition) is 4. The Bertz CT molecular complexity index is 854. The first-order valence-corrected chi connectivity index (χ1v) is 6.91. The molecular formula is C15H14F3N5. The van der Waals surface area contributed by atoms with Gasteiger partial charge in [0.15, 0.2) is 0 Å². The molecule has 5 nitrogen and oxygen atoms in total. The van der Waals surface area contributed by atoms with Gasteiger partial charge in [0.2, 0.25) is 5.95 Å². The van der Waals surface area contributed by atoms with Crippen LogP contribution in [0.5, 0.6) is 0 Å². The molecule has 0 saturated carbocycles. The third-order valence-electron chi connectivity index (χ3n) is 3.54. The molecule has 23 heavy (non-hydrogen) atoms. The summed E-state index contributed by atoms with van der Waals surface area (Å²) in [4.78, 5) is 11.8. The molecule has 0 fully saturated rings. The van der Waals surface area contributed by atoms with Crippen LogP contribution in [-0.4, -0.2) is 19.5 Å². The number of halogens is 3. The molecule has 3 aromatic rings. The summed E-state index contributed by atoms with van der Waals surface area (Å²) in [6.45, 7) is 2.21. The quantitative estimate of drug-likeness (QED) is 0.804. The monoisotopic (exact) mass is 321 g/mol. The molecule has 2 aromatic heterocycles. The van der Waals surface area contributed by atoms with Crippen LogP contribution in [0.25, 0.3) is 11.0 Å². The number of alkyl halides is 3. The molecule has 0 unspecified atom stereocenters. The Morgan fingerprint density at radius 2 is 1.96 bits per heavy atom. The van der Waals surface area contributed by atoms with E-state index in [1.807, 2.05) is 36.7 Å². The Kier molecular flexibility index (Phi) is 3.67.